The van der Waals surface area contributed by atoms with Crippen LogP contribution in [0.5, 0.6) is 0 Å². The number of benzene rings is 2. The largest absolute Gasteiger partial charge is 0.362 e. The quantitative estimate of drug-likeness (QED) is 0.496. The van der Waals surface area contributed by atoms with Crippen LogP contribution in [0, 0.1) is 20.8 Å². The topological polar surface area (TPSA) is 39.8 Å². The molecule has 2 aromatic carbocycles. The Hall–Kier alpha value is -1.85. The number of fused-ring (bicyclic) bond motifs is 1. The van der Waals surface area contributed by atoms with Crippen molar-refractivity contribution in [2.24, 2.45) is 0 Å². The van der Waals surface area contributed by atoms with Crippen LogP contribution in [0.25, 0.3) is 10.9 Å². The molecule has 5 heteroatoms. The third-order valence-electron chi connectivity index (χ3n) is 4.69. The Bertz CT molecular complexity index is 946. The molecule has 136 valence electrons. The Balaban J connectivity index is 1.55. The lowest BCUT2D eigenvalue weighted by molar-refractivity contribution is 0.811. The lowest BCUT2D eigenvalue weighted by Crippen LogP contribution is -2.36. The highest BCUT2D eigenvalue weighted by atomic mass is 79.9. The molecule has 0 atom stereocenters. The van der Waals surface area contributed by atoms with Gasteiger partial charge >= 0.3 is 0 Å². The van der Waals surface area contributed by atoms with Crippen LogP contribution in [0.1, 0.15) is 27.9 Å². The van der Waals surface area contributed by atoms with E-state index in [9.17, 15) is 0 Å². The molecule has 0 aliphatic carbocycles. The number of aromatic amines is 1. The molecule has 1 aromatic heterocycles. The van der Waals surface area contributed by atoms with E-state index in [0.717, 1.165) is 24.0 Å². The van der Waals surface area contributed by atoms with Crippen LogP contribution >= 0.6 is 28.1 Å². The van der Waals surface area contributed by atoms with Crippen LogP contribution in [-0.2, 0) is 13.0 Å². The summed E-state index contributed by atoms with van der Waals surface area (Å²) in [5.41, 5.74) is 7.57. The SMILES string of the molecule is Cc1ccc(C)c(CNC(=S)NCCc2c(C)[nH]c3ccc(Br)cc23)c1. The number of halogens is 1. The van der Waals surface area contributed by atoms with Crippen molar-refractivity contribution in [3.8, 4) is 0 Å². The van der Waals surface area contributed by atoms with Gasteiger partial charge in [0.2, 0.25) is 0 Å². The Labute approximate surface area is 168 Å². The maximum Gasteiger partial charge on any atom is 0.166 e. The van der Waals surface area contributed by atoms with Crippen LogP contribution in [0.3, 0.4) is 0 Å². The van der Waals surface area contributed by atoms with Crippen molar-refractivity contribution in [2.45, 2.75) is 33.7 Å². The van der Waals surface area contributed by atoms with Gasteiger partial charge in [0, 0.05) is 34.2 Å². The van der Waals surface area contributed by atoms with Crippen LogP contribution in [-0.4, -0.2) is 16.6 Å². The fourth-order valence-electron chi connectivity index (χ4n) is 3.21. The van der Waals surface area contributed by atoms with Gasteiger partial charge in [0.05, 0.1) is 0 Å². The van der Waals surface area contributed by atoms with E-state index in [2.05, 4.69) is 88.7 Å². The lowest BCUT2D eigenvalue weighted by Gasteiger charge is -2.12. The van der Waals surface area contributed by atoms with E-state index in [1.807, 2.05) is 0 Å². The summed E-state index contributed by atoms with van der Waals surface area (Å²) in [4.78, 5) is 3.45. The van der Waals surface area contributed by atoms with Gasteiger partial charge in [0.25, 0.3) is 0 Å². The van der Waals surface area contributed by atoms with Crippen LogP contribution in [0.4, 0.5) is 0 Å². The first-order chi connectivity index (χ1) is 12.4. The summed E-state index contributed by atoms with van der Waals surface area (Å²) < 4.78 is 1.10. The third kappa shape index (κ3) is 4.46. The van der Waals surface area contributed by atoms with Gasteiger partial charge in [-0.05, 0) is 74.3 Å². The number of aryl methyl sites for hydroxylation is 3. The van der Waals surface area contributed by atoms with Crippen molar-refractivity contribution < 1.29 is 0 Å². The number of hydrogen-bond donors (Lipinski definition) is 3. The summed E-state index contributed by atoms with van der Waals surface area (Å²) in [6, 6.07) is 12.8. The van der Waals surface area contributed by atoms with E-state index in [1.165, 1.54) is 38.9 Å². The van der Waals surface area contributed by atoms with Gasteiger partial charge in [0.15, 0.2) is 5.11 Å². The number of thiocarbonyl (C=S) groups is 1. The summed E-state index contributed by atoms with van der Waals surface area (Å²) in [5.74, 6) is 0. The molecule has 0 aliphatic heterocycles. The standard InChI is InChI=1S/C21H24BrN3S/c1-13-4-5-14(2)16(10-13)12-24-21(26)23-9-8-18-15(3)25-20-7-6-17(22)11-19(18)20/h4-7,10-11,25H,8-9,12H2,1-3H3,(H2,23,24,26). The van der Waals surface area contributed by atoms with E-state index in [1.54, 1.807) is 0 Å². The number of nitrogens with one attached hydrogen (secondary N) is 3. The minimum atomic E-state index is 0.699. The minimum absolute atomic E-state index is 0.699. The molecule has 3 rings (SSSR count). The fourth-order valence-corrected chi connectivity index (χ4v) is 3.74. The highest BCUT2D eigenvalue weighted by Gasteiger charge is 2.09. The molecule has 0 amide bonds. The van der Waals surface area contributed by atoms with Crippen LogP contribution < -0.4 is 10.6 Å². The molecule has 0 unspecified atom stereocenters. The average Bonchev–Trinajstić information content (AvgIpc) is 2.91. The molecule has 3 nitrogen and oxygen atoms in total. The normalized spacial score (nSPS) is 10.9. The summed E-state index contributed by atoms with van der Waals surface area (Å²) >= 11 is 9.00. The van der Waals surface area contributed by atoms with Crippen molar-refractivity contribution in [2.75, 3.05) is 6.54 Å². The highest BCUT2D eigenvalue weighted by Crippen LogP contribution is 2.25. The monoisotopic (exact) mass is 429 g/mol. The zero-order valence-electron chi connectivity index (χ0n) is 15.4. The van der Waals surface area contributed by atoms with E-state index in [0.29, 0.717) is 5.11 Å². The van der Waals surface area contributed by atoms with Crippen LogP contribution in [0.15, 0.2) is 40.9 Å². The first-order valence-corrected chi connectivity index (χ1v) is 9.98. The summed E-state index contributed by atoms with van der Waals surface area (Å²) in [5, 5.41) is 8.61. The number of rotatable bonds is 5. The van der Waals surface area contributed by atoms with Crippen molar-refractivity contribution >= 4 is 44.2 Å². The number of H-pyrrole nitrogens is 1. The number of aromatic nitrogens is 1. The molecule has 0 fully saturated rings. The van der Waals surface area contributed by atoms with Gasteiger partial charge < -0.3 is 15.6 Å². The zero-order chi connectivity index (χ0) is 18.7. The molecule has 0 bridgehead atoms. The summed E-state index contributed by atoms with van der Waals surface area (Å²) in [7, 11) is 0. The van der Waals surface area contributed by atoms with Crippen molar-refractivity contribution in [1.82, 2.24) is 15.6 Å². The predicted octanol–water partition coefficient (Wildman–Crippen LogP) is 5.06. The van der Waals surface area contributed by atoms with Gasteiger partial charge in [-0.25, -0.2) is 0 Å². The predicted molar refractivity (Wildman–Crippen MR) is 118 cm³/mol. The molecule has 3 aromatic rings. The smallest absolute Gasteiger partial charge is 0.166 e. The van der Waals surface area contributed by atoms with Crippen molar-refractivity contribution in [3.63, 3.8) is 0 Å². The number of hydrogen-bond acceptors (Lipinski definition) is 1. The van der Waals surface area contributed by atoms with E-state index in [4.69, 9.17) is 12.2 Å². The molecule has 3 N–H and O–H groups in total. The van der Waals surface area contributed by atoms with Gasteiger partial charge in [0.1, 0.15) is 0 Å². The van der Waals surface area contributed by atoms with Gasteiger partial charge in [-0.15, -0.1) is 0 Å². The first-order valence-electron chi connectivity index (χ1n) is 8.78. The van der Waals surface area contributed by atoms with Gasteiger partial charge in [-0.2, -0.15) is 0 Å². The second kappa shape index (κ2) is 8.23. The highest BCUT2D eigenvalue weighted by molar-refractivity contribution is 9.10. The molecule has 0 aliphatic rings. The fraction of sp³-hybridized carbons (Fsp3) is 0.286. The molecule has 0 radical (unpaired) electrons. The third-order valence-corrected chi connectivity index (χ3v) is 5.47. The van der Waals surface area contributed by atoms with E-state index >= 15 is 0 Å². The second-order valence-corrected chi connectivity index (χ2v) is 8.03. The molecule has 1 heterocycles. The van der Waals surface area contributed by atoms with Gasteiger partial charge in [-0.3, -0.25) is 0 Å². The zero-order valence-corrected chi connectivity index (χ0v) is 17.8. The summed E-state index contributed by atoms with van der Waals surface area (Å²) in [6.45, 7) is 7.92. The Morgan fingerprint density at radius 1 is 1.08 bits per heavy atom. The molecule has 26 heavy (non-hydrogen) atoms. The Kier molecular flexibility index (Phi) is 5.99. The maximum absolute atomic E-state index is 5.44. The first kappa shape index (κ1) is 18.9. The van der Waals surface area contributed by atoms with Crippen molar-refractivity contribution in [1.29, 1.82) is 0 Å². The molecular weight excluding hydrogens is 406 g/mol. The molecule has 0 saturated heterocycles. The van der Waals surface area contributed by atoms with Crippen LogP contribution in [0.2, 0.25) is 0 Å². The lowest BCUT2D eigenvalue weighted by atomic mass is 10.1. The maximum atomic E-state index is 5.44. The Morgan fingerprint density at radius 3 is 2.69 bits per heavy atom. The van der Waals surface area contributed by atoms with E-state index < -0.39 is 0 Å². The van der Waals surface area contributed by atoms with Crippen molar-refractivity contribution in [3.05, 3.63) is 68.8 Å². The van der Waals surface area contributed by atoms with Gasteiger partial charge in [-0.1, -0.05) is 39.7 Å². The average molecular weight is 430 g/mol. The summed E-state index contributed by atoms with van der Waals surface area (Å²) in [6.07, 6.45) is 0.924. The molecule has 0 spiro atoms. The Morgan fingerprint density at radius 2 is 1.88 bits per heavy atom. The molecule has 0 saturated carbocycles. The molecular formula is C21H24BrN3S. The second-order valence-electron chi connectivity index (χ2n) is 6.71. The minimum Gasteiger partial charge on any atom is -0.362 e. The van der Waals surface area contributed by atoms with E-state index in [-0.39, 0.29) is 0 Å².